The van der Waals surface area contributed by atoms with Gasteiger partial charge in [-0.15, -0.1) is 0 Å². The van der Waals surface area contributed by atoms with Gasteiger partial charge in [0.15, 0.2) is 5.89 Å². The second kappa shape index (κ2) is 5.65. The predicted molar refractivity (Wildman–Crippen MR) is 65.8 cm³/mol. The molecule has 4 nitrogen and oxygen atoms in total. The van der Waals surface area contributed by atoms with Crippen LogP contribution in [-0.2, 0) is 12.8 Å². The highest BCUT2D eigenvalue weighted by molar-refractivity contribution is 4.97. The molecule has 1 aliphatic rings. The van der Waals surface area contributed by atoms with Gasteiger partial charge in [0, 0.05) is 19.4 Å². The Bertz CT molecular complexity index is 349. The summed E-state index contributed by atoms with van der Waals surface area (Å²) in [7, 11) is 0. The van der Waals surface area contributed by atoms with E-state index < -0.39 is 0 Å². The van der Waals surface area contributed by atoms with Gasteiger partial charge in [0.1, 0.15) is 5.76 Å². The van der Waals surface area contributed by atoms with Crippen molar-refractivity contribution in [2.75, 3.05) is 19.6 Å². The van der Waals surface area contributed by atoms with Crippen LogP contribution in [0.25, 0.3) is 0 Å². The molecule has 0 aliphatic carbocycles. The molecule has 17 heavy (non-hydrogen) atoms. The van der Waals surface area contributed by atoms with Crippen molar-refractivity contribution in [2.24, 2.45) is 5.92 Å². The summed E-state index contributed by atoms with van der Waals surface area (Å²) in [5.74, 6) is 2.29. The lowest BCUT2D eigenvalue weighted by atomic mass is 10.1. The molecule has 1 aromatic rings. The molecule has 0 spiro atoms. The highest BCUT2D eigenvalue weighted by atomic mass is 16.4. The third kappa shape index (κ3) is 3.54. The van der Waals surface area contributed by atoms with Crippen molar-refractivity contribution in [2.45, 2.75) is 39.2 Å². The fraction of sp³-hybridized carbons (Fsp3) is 0.769. The van der Waals surface area contributed by atoms with Gasteiger partial charge in [-0.3, -0.25) is 0 Å². The summed E-state index contributed by atoms with van der Waals surface area (Å²) in [5, 5.41) is 9.27. The summed E-state index contributed by atoms with van der Waals surface area (Å²) in [6.45, 7) is 7.45. The van der Waals surface area contributed by atoms with Gasteiger partial charge in [0.25, 0.3) is 0 Å². The van der Waals surface area contributed by atoms with E-state index in [1.807, 2.05) is 0 Å². The van der Waals surface area contributed by atoms with E-state index in [2.05, 4.69) is 16.8 Å². The van der Waals surface area contributed by atoms with Crippen molar-refractivity contribution in [3.8, 4) is 0 Å². The van der Waals surface area contributed by atoms with E-state index in [0.29, 0.717) is 12.3 Å². The van der Waals surface area contributed by atoms with Crippen LogP contribution in [0.1, 0.15) is 31.9 Å². The van der Waals surface area contributed by atoms with Gasteiger partial charge in [-0.05, 0) is 32.4 Å². The van der Waals surface area contributed by atoms with E-state index in [4.69, 9.17) is 4.42 Å². The standard InChI is InChI=1S/C13H22N2O2/c1-3-15-5-4-11(9-15)7-13-14-8-12(17-13)6-10(2)16/h8,10-11,16H,3-7,9H2,1-2H3. The second-order valence-electron chi connectivity index (χ2n) is 5.03. The summed E-state index contributed by atoms with van der Waals surface area (Å²) in [5.41, 5.74) is 0. The lowest BCUT2D eigenvalue weighted by Gasteiger charge is -2.11. The van der Waals surface area contributed by atoms with E-state index in [0.717, 1.165) is 31.2 Å². The Morgan fingerprint density at radius 2 is 2.47 bits per heavy atom. The Morgan fingerprint density at radius 1 is 1.65 bits per heavy atom. The average molecular weight is 238 g/mol. The van der Waals surface area contributed by atoms with Crippen LogP contribution in [0, 0.1) is 5.92 Å². The maximum atomic E-state index is 9.27. The highest BCUT2D eigenvalue weighted by Gasteiger charge is 2.23. The van der Waals surface area contributed by atoms with Gasteiger partial charge in [-0.2, -0.15) is 0 Å². The van der Waals surface area contributed by atoms with Crippen LogP contribution in [-0.4, -0.2) is 40.7 Å². The second-order valence-corrected chi connectivity index (χ2v) is 5.03. The number of hydrogen-bond donors (Lipinski definition) is 1. The van der Waals surface area contributed by atoms with Crippen LogP contribution >= 0.6 is 0 Å². The minimum absolute atomic E-state index is 0.363. The van der Waals surface area contributed by atoms with Gasteiger partial charge in [-0.1, -0.05) is 6.92 Å². The van der Waals surface area contributed by atoms with Gasteiger partial charge in [0.05, 0.1) is 12.3 Å². The molecule has 2 rings (SSSR count). The fourth-order valence-corrected chi connectivity index (χ4v) is 2.44. The Labute approximate surface area is 103 Å². The number of nitrogens with zero attached hydrogens (tertiary/aromatic N) is 2. The molecular formula is C13H22N2O2. The first-order valence-corrected chi connectivity index (χ1v) is 6.51. The first kappa shape index (κ1) is 12.6. The number of rotatable bonds is 5. The maximum absolute atomic E-state index is 9.27. The Kier molecular flexibility index (Phi) is 4.18. The Morgan fingerprint density at radius 3 is 3.12 bits per heavy atom. The van der Waals surface area contributed by atoms with Crippen molar-refractivity contribution < 1.29 is 9.52 Å². The molecule has 2 unspecified atom stereocenters. The van der Waals surface area contributed by atoms with E-state index >= 15 is 0 Å². The molecule has 1 aromatic heterocycles. The third-order valence-corrected chi connectivity index (χ3v) is 3.38. The van der Waals surface area contributed by atoms with Gasteiger partial charge in [-0.25, -0.2) is 4.98 Å². The number of aromatic nitrogens is 1. The zero-order valence-corrected chi connectivity index (χ0v) is 10.7. The van der Waals surface area contributed by atoms with Gasteiger partial charge < -0.3 is 14.4 Å². The van der Waals surface area contributed by atoms with Crippen LogP contribution in [0.4, 0.5) is 0 Å². The molecule has 1 N–H and O–H groups in total. The molecule has 0 bridgehead atoms. The minimum atomic E-state index is -0.363. The maximum Gasteiger partial charge on any atom is 0.194 e. The van der Waals surface area contributed by atoms with Crippen LogP contribution in [0.3, 0.4) is 0 Å². The summed E-state index contributed by atoms with van der Waals surface area (Å²) in [6, 6.07) is 0. The summed E-state index contributed by atoms with van der Waals surface area (Å²) in [6.07, 6.45) is 4.10. The monoisotopic (exact) mass is 238 g/mol. The van der Waals surface area contributed by atoms with Crippen LogP contribution < -0.4 is 0 Å². The number of aliphatic hydroxyl groups excluding tert-OH is 1. The summed E-state index contributed by atoms with van der Waals surface area (Å²) in [4.78, 5) is 6.75. The zero-order chi connectivity index (χ0) is 12.3. The number of likely N-dealkylation sites (tertiary alicyclic amines) is 1. The normalized spacial score (nSPS) is 23.1. The smallest absolute Gasteiger partial charge is 0.194 e. The quantitative estimate of drug-likeness (QED) is 0.844. The molecule has 0 aromatic carbocycles. The number of hydrogen-bond acceptors (Lipinski definition) is 4. The molecule has 2 atom stereocenters. The predicted octanol–water partition coefficient (Wildman–Crippen LogP) is 1.48. The molecule has 2 heterocycles. The van der Waals surface area contributed by atoms with Crippen LogP contribution in [0.15, 0.2) is 10.6 Å². The molecule has 0 amide bonds. The lowest BCUT2D eigenvalue weighted by Crippen LogP contribution is -2.20. The van der Waals surface area contributed by atoms with E-state index in [1.165, 1.54) is 13.0 Å². The van der Waals surface area contributed by atoms with Gasteiger partial charge in [0.2, 0.25) is 0 Å². The topological polar surface area (TPSA) is 49.5 Å². The fourth-order valence-electron chi connectivity index (χ4n) is 2.44. The SMILES string of the molecule is CCN1CCC(Cc2ncc(CC(C)O)o2)C1. The molecule has 0 saturated carbocycles. The minimum Gasteiger partial charge on any atom is -0.446 e. The highest BCUT2D eigenvalue weighted by Crippen LogP contribution is 2.20. The van der Waals surface area contributed by atoms with Crippen molar-refractivity contribution >= 4 is 0 Å². The van der Waals surface area contributed by atoms with Crippen molar-refractivity contribution in [3.05, 3.63) is 17.8 Å². The largest absolute Gasteiger partial charge is 0.446 e. The van der Waals surface area contributed by atoms with Crippen molar-refractivity contribution in [1.29, 1.82) is 0 Å². The molecule has 96 valence electrons. The van der Waals surface area contributed by atoms with E-state index in [9.17, 15) is 5.11 Å². The van der Waals surface area contributed by atoms with Crippen molar-refractivity contribution in [3.63, 3.8) is 0 Å². The molecule has 0 radical (unpaired) electrons. The molecule has 1 aliphatic heterocycles. The average Bonchev–Trinajstić information content (AvgIpc) is 2.88. The number of aliphatic hydroxyl groups is 1. The number of oxazole rings is 1. The molecule has 1 fully saturated rings. The lowest BCUT2D eigenvalue weighted by molar-refractivity contribution is 0.186. The van der Waals surface area contributed by atoms with Crippen LogP contribution in [0.2, 0.25) is 0 Å². The molecule has 1 saturated heterocycles. The summed E-state index contributed by atoms with van der Waals surface area (Å²) < 4.78 is 5.64. The van der Waals surface area contributed by atoms with Gasteiger partial charge >= 0.3 is 0 Å². The summed E-state index contributed by atoms with van der Waals surface area (Å²) >= 11 is 0. The van der Waals surface area contributed by atoms with E-state index in [-0.39, 0.29) is 6.10 Å². The van der Waals surface area contributed by atoms with E-state index in [1.54, 1.807) is 13.1 Å². The first-order valence-electron chi connectivity index (χ1n) is 6.51. The van der Waals surface area contributed by atoms with Crippen molar-refractivity contribution in [1.82, 2.24) is 9.88 Å². The Hall–Kier alpha value is -0.870. The third-order valence-electron chi connectivity index (χ3n) is 3.38. The molecular weight excluding hydrogens is 216 g/mol. The zero-order valence-electron chi connectivity index (χ0n) is 10.7. The van der Waals surface area contributed by atoms with Crippen LogP contribution in [0.5, 0.6) is 0 Å². The molecule has 4 heteroatoms. The first-order chi connectivity index (χ1) is 8.17. The Balaban J connectivity index is 1.85.